The van der Waals surface area contributed by atoms with Crippen LogP contribution in [0, 0.1) is 5.92 Å². The molecule has 0 aromatic heterocycles. The van der Waals surface area contributed by atoms with Gasteiger partial charge in [-0.1, -0.05) is 37.0 Å². The first kappa shape index (κ1) is 13.8. The van der Waals surface area contributed by atoms with E-state index in [1.165, 1.54) is 12.8 Å². The summed E-state index contributed by atoms with van der Waals surface area (Å²) in [5.74, 6) is 0.775. The highest BCUT2D eigenvalue weighted by molar-refractivity contribution is 6.33. The molecular weight excluding hydrogens is 241 g/mol. The molecule has 0 aliphatic heterocycles. The zero-order valence-electron chi connectivity index (χ0n) is 9.89. The largest absolute Gasteiger partial charge is 0.313 e. The Hall–Kier alpha value is -0.240. The van der Waals surface area contributed by atoms with E-state index in [-0.39, 0.29) is 0 Å². The average Bonchev–Trinajstić information content (AvgIpc) is 2.22. The summed E-state index contributed by atoms with van der Waals surface area (Å²) in [6.45, 7) is 6.31. The maximum Gasteiger partial charge on any atom is 0.0451 e. The summed E-state index contributed by atoms with van der Waals surface area (Å²) in [5, 5.41) is 4.90. The predicted molar refractivity (Wildman–Crippen MR) is 72.2 cm³/mol. The number of nitrogens with one attached hydrogen (secondary N) is 1. The Labute approximate surface area is 108 Å². The Morgan fingerprint density at radius 3 is 2.69 bits per heavy atom. The van der Waals surface area contributed by atoms with Gasteiger partial charge in [0.2, 0.25) is 0 Å². The molecule has 0 atom stereocenters. The van der Waals surface area contributed by atoms with E-state index >= 15 is 0 Å². The second-order valence-corrected chi connectivity index (χ2v) is 5.29. The van der Waals surface area contributed by atoms with Gasteiger partial charge in [0.05, 0.1) is 0 Å². The summed E-state index contributed by atoms with van der Waals surface area (Å²) >= 11 is 12.0. The van der Waals surface area contributed by atoms with E-state index in [1.807, 2.05) is 18.2 Å². The van der Waals surface area contributed by atoms with Gasteiger partial charge in [0.15, 0.2) is 0 Å². The zero-order valence-corrected chi connectivity index (χ0v) is 11.4. The van der Waals surface area contributed by atoms with E-state index in [1.54, 1.807) is 0 Å². The smallest absolute Gasteiger partial charge is 0.0451 e. The highest BCUT2D eigenvalue weighted by atomic mass is 35.5. The molecule has 1 aromatic rings. The van der Waals surface area contributed by atoms with Gasteiger partial charge in [-0.15, -0.1) is 0 Å². The fourth-order valence-corrected chi connectivity index (χ4v) is 1.92. The van der Waals surface area contributed by atoms with Gasteiger partial charge in [0, 0.05) is 16.6 Å². The Morgan fingerprint density at radius 2 is 2.00 bits per heavy atom. The molecule has 16 heavy (non-hydrogen) atoms. The molecule has 1 nitrogen and oxygen atoms in total. The minimum atomic E-state index is 0.739. The van der Waals surface area contributed by atoms with Crippen molar-refractivity contribution in [2.75, 3.05) is 6.54 Å². The summed E-state index contributed by atoms with van der Waals surface area (Å²) in [5.41, 5.74) is 1.07. The van der Waals surface area contributed by atoms with Crippen LogP contribution >= 0.6 is 23.2 Å². The van der Waals surface area contributed by atoms with E-state index in [0.29, 0.717) is 0 Å². The van der Waals surface area contributed by atoms with Crippen molar-refractivity contribution in [3.8, 4) is 0 Å². The molecule has 0 aliphatic carbocycles. The van der Waals surface area contributed by atoms with E-state index in [0.717, 1.165) is 34.6 Å². The highest BCUT2D eigenvalue weighted by Gasteiger charge is 2.01. The maximum atomic E-state index is 6.06. The molecule has 0 fully saturated rings. The molecule has 0 radical (unpaired) electrons. The standard InChI is InChI=1S/C13H19Cl2N/c1-10(2)4-3-7-16-9-11-8-12(14)5-6-13(11)15/h5-6,8,10,16H,3-4,7,9H2,1-2H3. The summed E-state index contributed by atoms with van der Waals surface area (Å²) in [6.07, 6.45) is 2.46. The molecule has 0 amide bonds. The minimum Gasteiger partial charge on any atom is -0.313 e. The van der Waals surface area contributed by atoms with Gasteiger partial charge in [-0.05, 0) is 49.1 Å². The Bertz CT molecular complexity index is 324. The van der Waals surface area contributed by atoms with Crippen molar-refractivity contribution < 1.29 is 0 Å². The summed E-state index contributed by atoms with van der Waals surface area (Å²) in [7, 11) is 0. The Kier molecular flexibility index (Phi) is 6.18. The van der Waals surface area contributed by atoms with Gasteiger partial charge in [-0.2, -0.15) is 0 Å². The molecule has 3 heteroatoms. The van der Waals surface area contributed by atoms with Gasteiger partial charge in [0.1, 0.15) is 0 Å². The van der Waals surface area contributed by atoms with Crippen LogP contribution in [0.3, 0.4) is 0 Å². The molecule has 1 N–H and O–H groups in total. The van der Waals surface area contributed by atoms with Crippen molar-refractivity contribution in [1.29, 1.82) is 0 Å². The Morgan fingerprint density at radius 1 is 1.25 bits per heavy atom. The molecule has 0 saturated carbocycles. The molecule has 0 heterocycles. The van der Waals surface area contributed by atoms with E-state index < -0.39 is 0 Å². The molecule has 90 valence electrons. The molecule has 0 bridgehead atoms. The number of halogens is 2. The molecule has 1 aromatic carbocycles. The molecule has 1 rings (SSSR count). The van der Waals surface area contributed by atoms with Crippen molar-refractivity contribution in [3.63, 3.8) is 0 Å². The van der Waals surface area contributed by atoms with E-state index in [4.69, 9.17) is 23.2 Å². The third-order valence-electron chi connectivity index (χ3n) is 2.46. The zero-order chi connectivity index (χ0) is 12.0. The lowest BCUT2D eigenvalue weighted by molar-refractivity contribution is 0.527. The minimum absolute atomic E-state index is 0.739. The van der Waals surface area contributed by atoms with Gasteiger partial charge in [-0.25, -0.2) is 0 Å². The van der Waals surface area contributed by atoms with Gasteiger partial charge in [-0.3, -0.25) is 0 Å². The third-order valence-corrected chi connectivity index (χ3v) is 3.06. The summed E-state index contributed by atoms with van der Waals surface area (Å²) < 4.78 is 0. The monoisotopic (exact) mass is 259 g/mol. The van der Waals surface area contributed by atoms with Crippen molar-refractivity contribution >= 4 is 23.2 Å². The fourth-order valence-electron chi connectivity index (χ4n) is 1.54. The van der Waals surface area contributed by atoms with Crippen molar-refractivity contribution in [3.05, 3.63) is 33.8 Å². The van der Waals surface area contributed by atoms with E-state index in [2.05, 4.69) is 19.2 Å². The van der Waals surface area contributed by atoms with Crippen LogP contribution in [0.1, 0.15) is 32.3 Å². The van der Waals surface area contributed by atoms with Crippen LogP contribution in [0.2, 0.25) is 10.0 Å². The van der Waals surface area contributed by atoms with Crippen LogP contribution in [-0.4, -0.2) is 6.54 Å². The molecule has 0 aliphatic rings. The second kappa shape index (κ2) is 7.16. The Balaban J connectivity index is 2.29. The number of benzene rings is 1. The second-order valence-electron chi connectivity index (χ2n) is 4.45. The van der Waals surface area contributed by atoms with Gasteiger partial charge in [0.25, 0.3) is 0 Å². The third kappa shape index (κ3) is 5.20. The topological polar surface area (TPSA) is 12.0 Å². The predicted octanol–water partition coefficient (Wildman–Crippen LogP) is 4.52. The van der Waals surface area contributed by atoms with Gasteiger partial charge < -0.3 is 5.32 Å². The van der Waals surface area contributed by atoms with Crippen LogP contribution in [-0.2, 0) is 6.54 Å². The van der Waals surface area contributed by atoms with Crippen molar-refractivity contribution in [2.45, 2.75) is 33.2 Å². The SMILES string of the molecule is CC(C)CCCNCc1cc(Cl)ccc1Cl. The normalized spacial score (nSPS) is 11.1. The molecule has 0 spiro atoms. The molecular formula is C13H19Cl2N. The lowest BCUT2D eigenvalue weighted by Gasteiger charge is -2.08. The van der Waals surface area contributed by atoms with E-state index in [9.17, 15) is 0 Å². The molecule has 0 unspecified atom stereocenters. The van der Waals surface area contributed by atoms with Crippen LogP contribution in [0.5, 0.6) is 0 Å². The highest BCUT2D eigenvalue weighted by Crippen LogP contribution is 2.20. The lowest BCUT2D eigenvalue weighted by Crippen LogP contribution is -2.15. The van der Waals surface area contributed by atoms with Crippen LogP contribution in [0.25, 0.3) is 0 Å². The average molecular weight is 260 g/mol. The van der Waals surface area contributed by atoms with Gasteiger partial charge >= 0.3 is 0 Å². The molecule has 0 saturated heterocycles. The lowest BCUT2D eigenvalue weighted by atomic mass is 10.1. The summed E-state index contributed by atoms with van der Waals surface area (Å²) in [6, 6.07) is 5.57. The number of hydrogen-bond acceptors (Lipinski definition) is 1. The van der Waals surface area contributed by atoms with Crippen LogP contribution < -0.4 is 5.32 Å². The van der Waals surface area contributed by atoms with Crippen LogP contribution in [0.4, 0.5) is 0 Å². The first-order valence-electron chi connectivity index (χ1n) is 5.74. The van der Waals surface area contributed by atoms with Crippen molar-refractivity contribution in [1.82, 2.24) is 5.32 Å². The fraction of sp³-hybridized carbons (Fsp3) is 0.538. The first-order valence-corrected chi connectivity index (χ1v) is 6.50. The van der Waals surface area contributed by atoms with Crippen molar-refractivity contribution in [2.24, 2.45) is 5.92 Å². The van der Waals surface area contributed by atoms with Crippen LogP contribution in [0.15, 0.2) is 18.2 Å². The number of rotatable bonds is 6. The first-order chi connectivity index (χ1) is 7.59. The number of hydrogen-bond donors (Lipinski definition) is 1. The quantitative estimate of drug-likeness (QED) is 0.741. The summed E-state index contributed by atoms with van der Waals surface area (Å²) in [4.78, 5) is 0. The maximum absolute atomic E-state index is 6.06.